The van der Waals surface area contributed by atoms with Crippen LogP contribution in [-0.4, -0.2) is 35.4 Å². The molecule has 0 unspecified atom stereocenters. The van der Waals surface area contributed by atoms with Crippen molar-refractivity contribution in [3.05, 3.63) is 42.1 Å². The maximum Gasteiger partial charge on any atom is 0.241 e. The summed E-state index contributed by atoms with van der Waals surface area (Å²) in [6.45, 7) is 8.74. The summed E-state index contributed by atoms with van der Waals surface area (Å²) >= 11 is 0. The molecule has 0 saturated heterocycles. The number of hydrogen-bond acceptors (Lipinski definition) is 2. The highest BCUT2D eigenvalue weighted by Crippen LogP contribution is 2.59. The number of fused-ring (bicyclic) bond motifs is 1. The first-order valence-corrected chi connectivity index (χ1v) is 9.36. The average molecular weight is 367 g/mol. The normalized spacial score (nSPS) is 20.2. The molecule has 1 aliphatic carbocycles. The van der Waals surface area contributed by atoms with Gasteiger partial charge in [-0.05, 0) is 49.4 Å². The molecule has 2 aromatic rings. The van der Waals surface area contributed by atoms with E-state index in [-0.39, 0.29) is 23.1 Å². The number of rotatable bonds is 5. The van der Waals surface area contributed by atoms with E-state index in [1.807, 2.05) is 35.0 Å². The average Bonchev–Trinajstić information content (AvgIpc) is 2.91. The molecule has 1 fully saturated rings. The number of anilines is 1. The quantitative estimate of drug-likeness (QED) is 0.815. The van der Waals surface area contributed by atoms with Crippen molar-refractivity contribution in [2.75, 3.05) is 19.4 Å². The highest BCUT2D eigenvalue weighted by molar-refractivity contribution is 5.97. The SMILES string of the molecule is CC(C)=C[C@H]1[C@H](C(=O)Nc2ccc3c(ccn3CC(=O)N(C)C)c2)C1(C)C. The van der Waals surface area contributed by atoms with Gasteiger partial charge in [-0.2, -0.15) is 0 Å². The van der Waals surface area contributed by atoms with Crippen LogP contribution in [0.5, 0.6) is 0 Å². The third-order valence-electron chi connectivity index (χ3n) is 5.55. The summed E-state index contributed by atoms with van der Waals surface area (Å²) in [5, 5.41) is 4.08. The van der Waals surface area contributed by atoms with Gasteiger partial charge in [0.25, 0.3) is 0 Å². The molecule has 3 rings (SSSR count). The first kappa shape index (κ1) is 19.2. The Morgan fingerprint density at radius 3 is 2.56 bits per heavy atom. The van der Waals surface area contributed by atoms with Crippen LogP contribution in [0.3, 0.4) is 0 Å². The van der Waals surface area contributed by atoms with Crippen molar-refractivity contribution in [2.24, 2.45) is 17.3 Å². The van der Waals surface area contributed by atoms with Gasteiger partial charge in [0.15, 0.2) is 0 Å². The molecule has 1 aromatic carbocycles. The van der Waals surface area contributed by atoms with Gasteiger partial charge in [0, 0.05) is 36.9 Å². The van der Waals surface area contributed by atoms with Crippen LogP contribution >= 0.6 is 0 Å². The minimum atomic E-state index is 0.00131. The lowest BCUT2D eigenvalue weighted by atomic mass is 10.1. The smallest absolute Gasteiger partial charge is 0.241 e. The third kappa shape index (κ3) is 3.77. The second-order valence-corrected chi connectivity index (χ2v) is 8.56. The fourth-order valence-electron chi connectivity index (χ4n) is 3.77. The molecule has 27 heavy (non-hydrogen) atoms. The lowest BCUT2D eigenvalue weighted by Gasteiger charge is -2.12. The summed E-state index contributed by atoms with van der Waals surface area (Å²) in [6, 6.07) is 7.80. The summed E-state index contributed by atoms with van der Waals surface area (Å²) in [5.41, 5.74) is 3.03. The van der Waals surface area contributed by atoms with Crippen LogP contribution in [0.25, 0.3) is 10.9 Å². The predicted molar refractivity (Wildman–Crippen MR) is 109 cm³/mol. The summed E-state index contributed by atoms with van der Waals surface area (Å²) < 4.78 is 1.93. The second-order valence-electron chi connectivity index (χ2n) is 8.56. The van der Waals surface area contributed by atoms with Crippen LogP contribution < -0.4 is 5.32 Å². The highest BCUT2D eigenvalue weighted by atomic mass is 16.2. The zero-order valence-corrected chi connectivity index (χ0v) is 17.0. The topological polar surface area (TPSA) is 54.3 Å². The summed E-state index contributed by atoms with van der Waals surface area (Å²) in [4.78, 5) is 26.3. The van der Waals surface area contributed by atoms with Gasteiger partial charge in [0.2, 0.25) is 11.8 Å². The maximum atomic E-state index is 12.7. The van der Waals surface area contributed by atoms with Gasteiger partial charge in [-0.15, -0.1) is 0 Å². The molecule has 0 spiro atoms. The van der Waals surface area contributed by atoms with Gasteiger partial charge in [0.1, 0.15) is 6.54 Å². The number of nitrogens with zero attached hydrogens (tertiary/aromatic N) is 2. The van der Waals surface area contributed by atoms with Crippen LogP contribution in [0, 0.1) is 17.3 Å². The molecule has 0 bridgehead atoms. The molecule has 144 valence electrons. The van der Waals surface area contributed by atoms with Crippen molar-refractivity contribution in [1.82, 2.24) is 9.47 Å². The van der Waals surface area contributed by atoms with Gasteiger partial charge in [0.05, 0.1) is 5.92 Å². The van der Waals surface area contributed by atoms with Crippen molar-refractivity contribution in [3.63, 3.8) is 0 Å². The van der Waals surface area contributed by atoms with Crippen molar-refractivity contribution in [3.8, 4) is 0 Å². The Hall–Kier alpha value is -2.56. The number of hydrogen-bond donors (Lipinski definition) is 1. The van der Waals surface area contributed by atoms with Crippen LogP contribution in [0.4, 0.5) is 5.69 Å². The number of nitrogens with one attached hydrogen (secondary N) is 1. The predicted octanol–water partition coefficient (Wildman–Crippen LogP) is 3.91. The fraction of sp³-hybridized carbons (Fsp3) is 0.455. The van der Waals surface area contributed by atoms with Crippen molar-refractivity contribution < 1.29 is 9.59 Å². The lowest BCUT2D eigenvalue weighted by Crippen LogP contribution is -2.25. The van der Waals surface area contributed by atoms with E-state index in [4.69, 9.17) is 0 Å². The molecule has 1 N–H and O–H groups in total. The molecule has 0 radical (unpaired) electrons. The Morgan fingerprint density at radius 1 is 1.22 bits per heavy atom. The summed E-state index contributed by atoms with van der Waals surface area (Å²) in [6.07, 6.45) is 4.11. The molecule has 2 atom stereocenters. The highest BCUT2D eigenvalue weighted by Gasteiger charge is 2.60. The molecule has 1 saturated carbocycles. The Labute approximate surface area is 161 Å². The van der Waals surface area contributed by atoms with E-state index in [1.165, 1.54) is 5.57 Å². The van der Waals surface area contributed by atoms with Gasteiger partial charge >= 0.3 is 0 Å². The summed E-state index contributed by atoms with van der Waals surface area (Å²) in [7, 11) is 3.51. The maximum absolute atomic E-state index is 12.7. The number of benzene rings is 1. The molecule has 2 amide bonds. The lowest BCUT2D eigenvalue weighted by molar-refractivity contribution is -0.129. The number of aromatic nitrogens is 1. The molecule has 0 aliphatic heterocycles. The number of carbonyl (C=O) groups is 2. The molecule has 5 heteroatoms. The number of amides is 2. The van der Waals surface area contributed by atoms with Gasteiger partial charge < -0.3 is 14.8 Å². The largest absolute Gasteiger partial charge is 0.347 e. The molecule has 1 aliphatic rings. The minimum Gasteiger partial charge on any atom is -0.347 e. The molecular weight excluding hydrogens is 338 g/mol. The molecule has 1 heterocycles. The Morgan fingerprint density at radius 2 is 1.93 bits per heavy atom. The van der Waals surface area contributed by atoms with E-state index in [0.717, 1.165) is 16.6 Å². The van der Waals surface area contributed by atoms with Crippen LogP contribution in [0.1, 0.15) is 27.7 Å². The van der Waals surface area contributed by atoms with Crippen molar-refractivity contribution in [1.29, 1.82) is 0 Å². The molecular formula is C22H29N3O2. The number of allylic oxidation sites excluding steroid dienone is 2. The van der Waals surface area contributed by atoms with Gasteiger partial charge in [-0.1, -0.05) is 25.5 Å². The molecule has 1 aromatic heterocycles. The zero-order valence-electron chi connectivity index (χ0n) is 17.0. The van der Waals surface area contributed by atoms with E-state index >= 15 is 0 Å². The van der Waals surface area contributed by atoms with Crippen LogP contribution in [0.2, 0.25) is 0 Å². The summed E-state index contributed by atoms with van der Waals surface area (Å²) in [5.74, 6) is 0.421. The Bertz CT molecular complexity index is 917. The molecule has 5 nitrogen and oxygen atoms in total. The fourth-order valence-corrected chi connectivity index (χ4v) is 3.77. The van der Waals surface area contributed by atoms with Crippen LogP contribution in [0.15, 0.2) is 42.1 Å². The number of likely N-dealkylation sites (N-methyl/N-ethyl adjacent to an activating group) is 1. The van der Waals surface area contributed by atoms with E-state index in [2.05, 4.69) is 39.1 Å². The Kier molecular flexibility index (Phi) is 4.89. The van der Waals surface area contributed by atoms with E-state index in [9.17, 15) is 9.59 Å². The first-order valence-electron chi connectivity index (χ1n) is 9.36. The third-order valence-corrected chi connectivity index (χ3v) is 5.55. The van der Waals surface area contributed by atoms with Crippen LogP contribution in [-0.2, 0) is 16.1 Å². The van der Waals surface area contributed by atoms with E-state index < -0.39 is 0 Å². The van der Waals surface area contributed by atoms with Crippen molar-refractivity contribution in [2.45, 2.75) is 34.2 Å². The Balaban J connectivity index is 1.74. The monoisotopic (exact) mass is 367 g/mol. The first-order chi connectivity index (χ1) is 12.6. The minimum absolute atomic E-state index is 0.00131. The van der Waals surface area contributed by atoms with Gasteiger partial charge in [-0.3, -0.25) is 9.59 Å². The van der Waals surface area contributed by atoms with Gasteiger partial charge in [-0.25, -0.2) is 0 Å². The van der Waals surface area contributed by atoms with E-state index in [0.29, 0.717) is 12.5 Å². The second kappa shape index (κ2) is 6.87. The standard InChI is InChI=1S/C22H29N3O2/c1-14(2)11-17-20(22(17,3)4)21(27)23-16-7-8-18-15(12-16)9-10-25(18)13-19(26)24(5)6/h7-12,17,20H,13H2,1-6H3,(H,23,27)/t17-,20+/m0/s1. The zero-order chi connectivity index (χ0) is 19.9. The number of carbonyl (C=O) groups excluding carboxylic acids is 2. The van der Waals surface area contributed by atoms with Crippen molar-refractivity contribution >= 4 is 28.4 Å². The van der Waals surface area contributed by atoms with E-state index in [1.54, 1.807) is 19.0 Å².